The Hall–Kier alpha value is -1.55. The van der Waals surface area contributed by atoms with Gasteiger partial charge in [0.25, 0.3) is 6.01 Å². The Morgan fingerprint density at radius 2 is 2.16 bits per heavy atom. The monoisotopic (exact) mass is 257 g/mol. The second-order valence-electron chi connectivity index (χ2n) is 5.57. The molecule has 0 amide bonds. The molecule has 4 rings (SSSR count). The largest absolute Gasteiger partial charge is 0.423 e. The first-order valence-electron chi connectivity index (χ1n) is 7.27. The molecule has 2 atom stereocenters. The summed E-state index contributed by atoms with van der Waals surface area (Å²) >= 11 is 0. The molecular weight excluding hydrogens is 238 g/mol. The highest BCUT2D eigenvalue weighted by atomic mass is 16.4. The van der Waals surface area contributed by atoms with E-state index in [-0.39, 0.29) is 0 Å². The minimum Gasteiger partial charge on any atom is -0.423 e. The molecule has 19 heavy (non-hydrogen) atoms. The lowest BCUT2D eigenvalue weighted by Gasteiger charge is -2.28. The molecule has 2 aliphatic rings. The van der Waals surface area contributed by atoms with Crippen LogP contribution >= 0.6 is 0 Å². The van der Waals surface area contributed by atoms with Gasteiger partial charge in [0.1, 0.15) is 5.52 Å². The molecule has 3 heterocycles. The maximum Gasteiger partial charge on any atom is 0.298 e. The molecule has 0 spiro atoms. The topological polar surface area (TPSA) is 41.3 Å². The molecule has 1 aromatic heterocycles. The third kappa shape index (κ3) is 1.91. The van der Waals surface area contributed by atoms with Gasteiger partial charge in [-0.05, 0) is 44.4 Å². The molecule has 0 aliphatic carbocycles. The lowest BCUT2D eigenvalue weighted by atomic mass is 10.0. The highest BCUT2D eigenvalue weighted by molar-refractivity contribution is 5.74. The van der Waals surface area contributed by atoms with Crippen molar-refractivity contribution in [2.45, 2.75) is 37.8 Å². The zero-order chi connectivity index (χ0) is 12.7. The number of aromatic nitrogens is 1. The number of rotatable bonds is 2. The van der Waals surface area contributed by atoms with Gasteiger partial charge in [-0.25, -0.2) is 0 Å². The van der Waals surface area contributed by atoms with Gasteiger partial charge in [0.05, 0.1) is 0 Å². The maximum atomic E-state index is 5.93. The molecular formula is C15H19N3O. The van der Waals surface area contributed by atoms with Crippen molar-refractivity contribution in [2.75, 3.05) is 18.0 Å². The predicted molar refractivity (Wildman–Crippen MR) is 75.4 cm³/mol. The van der Waals surface area contributed by atoms with Crippen LogP contribution in [0.2, 0.25) is 0 Å². The number of hydrogen-bond acceptors (Lipinski definition) is 4. The summed E-state index contributed by atoms with van der Waals surface area (Å²) in [4.78, 5) is 7.01. The second kappa shape index (κ2) is 4.53. The van der Waals surface area contributed by atoms with E-state index in [0.717, 1.165) is 30.2 Å². The Bertz CT molecular complexity index is 541. The van der Waals surface area contributed by atoms with Crippen molar-refractivity contribution < 1.29 is 4.42 Å². The molecule has 2 saturated heterocycles. The van der Waals surface area contributed by atoms with Gasteiger partial charge >= 0.3 is 0 Å². The van der Waals surface area contributed by atoms with Gasteiger partial charge in [-0.2, -0.15) is 4.98 Å². The van der Waals surface area contributed by atoms with Crippen molar-refractivity contribution in [3.63, 3.8) is 0 Å². The minimum absolute atomic E-state index is 0.551. The lowest BCUT2D eigenvalue weighted by molar-refractivity contribution is 0.457. The summed E-state index contributed by atoms with van der Waals surface area (Å²) in [6, 6.07) is 9.98. The van der Waals surface area contributed by atoms with E-state index in [2.05, 4.69) is 15.2 Å². The van der Waals surface area contributed by atoms with Gasteiger partial charge in [-0.3, -0.25) is 0 Å². The Morgan fingerprint density at radius 3 is 3.00 bits per heavy atom. The Labute approximate surface area is 112 Å². The van der Waals surface area contributed by atoms with Crippen molar-refractivity contribution in [1.82, 2.24) is 10.3 Å². The molecule has 2 unspecified atom stereocenters. The van der Waals surface area contributed by atoms with Crippen LogP contribution in [0.4, 0.5) is 6.01 Å². The summed E-state index contributed by atoms with van der Waals surface area (Å²) in [7, 11) is 0. The van der Waals surface area contributed by atoms with Crippen LogP contribution in [0.3, 0.4) is 0 Å². The van der Waals surface area contributed by atoms with E-state index in [1.54, 1.807) is 0 Å². The van der Waals surface area contributed by atoms with Gasteiger partial charge in [0, 0.05) is 18.6 Å². The number of para-hydroxylation sites is 2. The molecule has 1 N–H and O–H groups in total. The first-order chi connectivity index (χ1) is 9.42. The summed E-state index contributed by atoms with van der Waals surface area (Å²) in [5.74, 6) is 0. The first-order valence-corrected chi connectivity index (χ1v) is 7.27. The van der Waals surface area contributed by atoms with Crippen molar-refractivity contribution in [1.29, 1.82) is 0 Å². The molecule has 2 fully saturated rings. The Kier molecular flexibility index (Phi) is 2.69. The fourth-order valence-corrected chi connectivity index (χ4v) is 3.47. The summed E-state index contributed by atoms with van der Waals surface area (Å²) in [5.41, 5.74) is 1.85. The number of oxazole rings is 1. The van der Waals surface area contributed by atoms with E-state index in [4.69, 9.17) is 4.42 Å². The number of fused-ring (bicyclic) bond motifs is 1. The molecule has 1 aromatic carbocycles. The third-order valence-electron chi connectivity index (χ3n) is 4.39. The third-order valence-corrected chi connectivity index (χ3v) is 4.39. The van der Waals surface area contributed by atoms with Crippen LogP contribution in [0.1, 0.15) is 25.7 Å². The van der Waals surface area contributed by atoms with Crippen LogP contribution in [-0.4, -0.2) is 30.2 Å². The van der Waals surface area contributed by atoms with E-state index >= 15 is 0 Å². The van der Waals surface area contributed by atoms with E-state index in [1.807, 2.05) is 24.3 Å². The van der Waals surface area contributed by atoms with Crippen LogP contribution in [0.15, 0.2) is 28.7 Å². The van der Waals surface area contributed by atoms with Crippen LogP contribution < -0.4 is 10.2 Å². The van der Waals surface area contributed by atoms with Crippen LogP contribution in [0, 0.1) is 0 Å². The summed E-state index contributed by atoms with van der Waals surface area (Å²) in [6.07, 6.45) is 5.06. The molecule has 2 aromatic rings. The number of nitrogens with one attached hydrogen (secondary N) is 1. The molecule has 4 heteroatoms. The number of benzene rings is 1. The standard InChI is InChI=1S/C15H19N3O/c1-2-8-14-12(5-1)17-15(19-14)18-10-4-7-13(18)11-6-3-9-16-11/h1-2,5,8,11,13,16H,3-4,6-7,9-10H2. The Balaban J connectivity index is 1.66. The first kappa shape index (κ1) is 11.3. The van der Waals surface area contributed by atoms with Gasteiger partial charge < -0.3 is 14.6 Å². The quantitative estimate of drug-likeness (QED) is 0.897. The van der Waals surface area contributed by atoms with Gasteiger partial charge in [-0.15, -0.1) is 0 Å². The van der Waals surface area contributed by atoms with E-state index in [9.17, 15) is 0 Å². The zero-order valence-corrected chi connectivity index (χ0v) is 11.0. The van der Waals surface area contributed by atoms with E-state index in [0.29, 0.717) is 12.1 Å². The van der Waals surface area contributed by atoms with Crippen LogP contribution in [0.25, 0.3) is 11.1 Å². The van der Waals surface area contributed by atoms with Crippen LogP contribution in [-0.2, 0) is 0 Å². The number of anilines is 1. The normalized spacial score (nSPS) is 27.5. The molecule has 2 aliphatic heterocycles. The average Bonchev–Trinajstić information content (AvgIpc) is 3.17. The van der Waals surface area contributed by atoms with Crippen molar-refractivity contribution in [2.24, 2.45) is 0 Å². The van der Waals surface area contributed by atoms with Crippen molar-refractivity contribution in [3.05, 3.63) is 24.3 Å². The maximum absolute atomic E-state index is 5.93. The smallest absolute Gasteiger partial charge is 0.298 e. The van der Waals surface area contributed by atoms with Gasteiger partial charge in [-0.1, -0.05) is 12.1 Å². The number of hydrogen-bond donors (Lipinski definition) is 1. The van der Waals surface area contributed by atoms with E-state index < -0.39 is 0 Å². The fraction of sp³-hybridized carbons (Fsp3) is 0.533. The average molecular weight is 257 g/mol. The highest BCUT2D eigenvalue weighted by Crippen LogP contribution is 2.31. The lowest BCUT2D eigenvalue weighted by Crippen LogP contribution is -2.44. The minimum atomic E-state index is 0.551. The fourth-order valence-electron chi connectivity index (χ4n) is 3.47. The van der Waals surface area contributed by atoms with Gasteiger partial charge in [0.2, 0.25) is 0 Å². The molecule has 0 saturated carbocycles. The molecule has 0 radical (unpaired) electrons. The summed E-state index contributed by atoms with van der Waals surface area (Å²) in [5, 5.41) is 3.62. The summed E-state index contributed by atoms with van der Waals surface area (Å²) < 4.78 is 5.93. The molecule has 4 nitrogen and oxygen atoms in total. The Morgan fingerprint density at radius 1 is 1.21 bits per heavy atom. The van der Waals surface area contributed by atoms with Crippen molar-refractivity contribution >= 4 is 17.1 Å². The van der Waals surface area contributed by atoms with Gasteiger partial charge in [0.15, 0.2) is 5.58 Å². The second-order valence-corrected chi connectivity index (χ2v) is 5.57. The zero-order valence-electron chi connectivity index (χ0n) is 11.0. The summed E-state index contributed by atoms with van der Waals surface area (Å²) in [6.45, 7) is 2.22. The predicted octanol–water partition coefficient (Wildman–Crippen LogP) is 2.55. The molecule has 0 bridgehead atoms. The van der Waals surface area contributed by atoms with Crippen LogP contribution in [0.5, 0.6) is 0 Å². The van der Waals surface area contributed by atoms with E-state index in [1.165, 1.54) is 25.7 Å². The van der Waals surface area contributed by atoms with Crippen molar-refractivity contribution in [3.8, 4) is 0 Å². The number of nitrogens with zero attached hydrogens (tertiary/aromatic N) is 2. The highest BCUT2D eigenvalue weighted by Gasteiger charge is 2.35. The SMILES string of the molecule is c1ccc2oc(N3CCCC3C3CCCN3)nc2c1. The molecule has 100 valence electrons.